The molecule has 0 spiro atoms. The molecule has 138 valence electrons. The highest BCUT2D eigenvalue weighted by Gasteiger charge is 2.25. The van der Waals surface area contributed by atoms with E-state index in [2.05, 4.69) is 20.4 Å². The number of rotatable bonds is 5. The zero-order chi connectivity index (χ0) is 17.2. The van der Waals surface area contributed by atoms with Crippen LogP contribution in [0.3, 0.4) is 0 Å². The summed E-state index contributed by atoms with van der Waals surface area (Å²) in [5, 5.41) is 7.31. The Morgan fingerprint density at radius 1 is 1.32 bits per heavy atom. The lowest BCUT2D eigenvalue weighted by Gasteiger charge is -2.30. The molecule has 1 N–H and O–H groups in total. The molecule has 0 amide bonds. The highest BCUT2D eigenvalue weighted by atomic mass is 35.5. The van der Waals surface area contributed by atoms with Crippen molar-refractivity contribution in [3.8, 4) is 0 Å². The minimum atomic E-state index is -3.35. The van der Waals surface area contributed by atoms with Crippen molar-refractivity contribution < 1.29 is 12.9 Å². The first-order valence-electron chi connectivity index (χ1n) is 7.98. The quantitative estimate of drug-likeness (QED) is 0.830. The molecular weight excluding hydrogens is 364 g/mol. The predicted molar refractivity (Wildman–Crippen MR) is 96.7 cm³/mol. The lowest BCUT2D eigenvalue weighted by atomic mass is 10.2. The van der Waals surface area contributed by atoms with Gasteiger partial charge in [-0.3, -0.25) is 4.90 Å². The fourth-order valence-electron chi connectivity index (χ4n) is 2.68. The molecule has 0 bridgehead atoms. The molecule has 1 fully saturated rings. The number of likely N-dealkylation sites (N-methyl/N-ethyl adjacent to an activating group) is 1. The molecule has 0 radical (unpaired) electrons. The maximum atomic E-state index is 12.4. The van der Waals surface area contributed by atoms with Crippen molar-refractivity contribution in [1.29, 1.82) is 0 Å². The van der Waals surface area contributed by atoms with E-state index in [1.807, 2.05) is 14.0 Å². The van der Waals surface area contributed by atoms with Crippen molar-refractivity contribution >= 4 is 22.2 Å². The van der Waals surface area contributed by atoms with Crippen LogP contribution in [-0.4, -0.2) is 55.9 Å². The van der Waals surface area contributed by atoms with Crippen molar-refractivity contribution in [3.63, 3.8) is 0 Å². The summed E-state index contributed by atoms with van der Waals surface area (Å²) in [7, 11) is -1.33. The number of nitrogens with one attached hydrogen (secondary N) is 1. The monoisotopic (exact) mass is 386 g/mol. The third-order valence-corrected chi connectivity index (χ3v) is 5.99. The normalized spacial score (nSPS) is 18.7. The van der Waals surface area contributed by atoms with E-state index < -0.39 is 9.84 Å². The Morgan fingerprint density at radius 3 is 2.72 bits per heavy atom. The predicted octanol–water partition coefficient (Wildman–Crippen LogP) is 1.39. The van der Waals surface area contributed by atoms with Gasteiger partial charge in [-0.05, 0) is 26.1 Å². The van der Waals surface area contributed by atoms with E-state index in [1.54, 1.807) is 24.3 Å². The summed E-state index contributed by atoms with van der Waals surface area (Å²) >= 11 is 0. The number of piperazine rings is 1. The van der Waals surface area contributed by atoms with Gasteiger partial charge in [0.15, 0.2) is 15.7 Å². The van der Waals surface area contributed by atoms with Gasteiger partial charge in [-0.2, -0.15) is 4.98 Å². The maximum absolute atomic E-state index is 12.4. The first kappa shape index (κ1) is 19.8. The fraction of sp³-hybridized carbons (Fsp3) is 0.500. The summed E-state index contributed by atoms with van der Waals surface area (Å²) in [6, 6.07) is 6.91. The van der Waals surface area contributed by atoms with Crippen LogP contribution in [0.4, 0.5) is 0 Å². The number of hydrogen-bond donors (Lipinski definition) is 1. The Labute approximate surface area is 154 Å². The van der Waals surface area contributed by atoms with Crippen LogP contribution in [0.5, 0.6) is 0 Å². The van der Waals surface area contributed by atoms with E-state index in [9.17, 15) is 8.42 Å². The van der Waals surface area contributed by atoms with Crippen LogP contribution in [0, 0.1) is 6.92 Å². The largest absolute Gasteiger partial charge is 0.339 e. The molecule has 1 atom stereocenters. The molecular formula is C16H23ClN4O3S. The topological polar surface area (TPSA) is 88.3 Å². The van der Waals surface area contributed by atoms with Crippen LogP contribution in [-0.2, 0) is 16.3 Å². The standard InChI is InChI=1S/C16H22N4O3S.ClH/c1-12-3-5-13(6-4-12)24(21,22)10-7-15-18-16(19-23-15)14-11-17-8-9-20(14)2;/h3-6,14,17H,7-11H2,1-2H3;1H. The summed E-state index contributed by atoms with van der Waals surface area (Å²) in [6.07, 6.45) is 0.215. The van der Waals surface area contributed by atoms with Crippen LogP contribution >= 0.6 is 12.4 Å². The Balaban J connectivity index is 0.00000225. The Bertz CT molecular complexity index is 792. The van der Waals surface area contributed by atoms with Gasteiger partial charge >= 0.3 is 0 Å². The van der Waals surface area contributed by atoms with Gasteiger partial charge in [0.2, 0.25) is 5.89 Å². The van der Waals surface area contributed by atoms with Crippen LogP contribution in [0.15, 0.2) is 33.7 Å². The third-order valence-electron chi connectivity index (χ3n) is 4.26. The number of nitrogens with zero attached hydrogens (tertiary/aromatic N) is 3. The number of benzene rings is 1. The van der Waals surface area contributed by atoms with Crippen molar-refractivity contribution in [1.82, 2.24) is 20.4 Å². The minimum Gasteiger partial charge on any atom is -0.339 e. The van der Waals surface area contributed by atoms with Gasteiger partial charge in [0.1, 0.15) is 0 Å². The number of sulfone groups is 1. The summed E-state index contributed by atoms with van der Waals surface area (Å²) in [6.45, 7) is 4.54. The molecule has 25 heavy (non-hydrogen) atoms. The molecule has 1 aromatic heterocycles. The summed E-state index contributed by atoms with van der Waals surface area (Å²) in [5.41, 5.74) is 1.03. The molecule has 9 heteroatoms. The molecule has 2 heterocycles. The zero-order valence-electron chi connectivity index (χ0n) is 14.3. The SMILES string of the molecule is Cc1ccc(S(=O)(=O)CCc2nc(C3CNCCN3C)no2)cc1.Cl. The molecule has 3 rings (SSSR count). The van der Waals surface area contributed by atoms with E-state index in [0.717, 1.165) is 25.2 Å². The molecule has 1 unspecified atom stereocenters. The van der Waals surface area contributed by atoms with Crippen molar-refractivity contribution in [2.24, 2.45) is 0 Å². The first-order valence-corrected chi connectivity index (χ1v) is 9.64. The van der Waals surface area contributed by atoms with E-state index in [4.69, 9.17) is 4.52 Å². The van der Waals surface area contributed by atoms with Crippen molar-refractivity contribution in [3.05, 3.63) is 41.5 Å². The first-order chi connectivity index (χ1) is 11.5. The molecule has 1 saturated heterocycles. The number of aryl methyl sites for hydroxylation is 2. The average molecular weight is 387 g/mol. The molecule has 2 aromatic rings. The van der Waals surface area contributed by atoms with E-state index in [0.29, 0.717) is 16.6 Å². The summed E-state index contributed by atoms with van der Waals surface area (Å²) < 4.78 is 30.0. The Kier molecular flexibility index (Phi) is 6.56. The second kappa shape index (κ2) is 8.27. The molecule has 1 aliphatic heterocycles. The molecule has 1 aliphatic rings. The van der Waals surface area contributed by atoms with E-state index in [-0.39, 0.29) is 30.6 Å². The maximum Gasteiger partial charge on any atom is 0.227 e. The second-order valence-corrected chi connectivity index (χ2v) is 8.24. The number of halogens is 1. The number of hydrogen-bond acceptors (Lipinski definition) is 7. The highest BCUT2D eigenvalue weighted by Crippen LogP contribution is 2.18. The van der Waals surface area contributed by atoms with Gasteiger partial charge in [0, 0.05) is 26.1 Å². The van der Waals surface area contributed by atoms with Gasteiger partial charge in [0.25, 0.3) is 0 Å². The molecule has 0 aliphatic carbocycles. The van der Waals surface area contributed by atoms with Crippen molar-refractivity contribution in [2.45, 2.75) is 24.3 Å². The lowest BCUT2D eigenvalue weighted by Crippen LogP contribution is -2.44. The highest BCUT2D eigenvalue weighted by molar-refractivity contribution is 7.91. The van der Waals surface area contributed by atoms with Gasteiger partial charge < -0.3 is 9.84 Å². The smallest absolute Gasteiger partial charge is 0.227 e. The zero-order valence-corrected chi connectivity index (χ0v) is 15.9. The third kappa shape index (κ3) is 4.78. The lowest BCUT2D eigenvalue weighted by molar-refractivity contribution is 0.190. The molecule has 7 nitrogen and oxygen atoms in total. The van der Waals surface area contributed by atoms with Gasteiger partial charge in [0.05, 0.1) is 16.7 Å². The Hall–Kier alpha value is -1.48. The van der Waals surface area contributed by atoms with E-state index in [1.165, 1.54) is 0 Å². The number of aromatic nitrogens is 2. The minimum absolute atomic E-state index is 0. The summed E-state index contributed by atoms with van der Waals surface area (Å²) in [5.74, 6) is 0.920. The van der Waals surface area contributed by atoms with Crippen LogP contribution in [0.25, 0.3) is 0 Å². The van der Waals surface area contributed by atoms with Gasteiger partial charge in [-0.25, -0.2) is 8.42 Å². The molecule has 1 aromatic carbocycles. The average Bonchev–Trinajstić information content (AvgIpc) is 3.03. The van der Waals surface area contributed by atoms with Gasteiger partial charge in [-0.15, -0.1) is 12.4 Å². The fourth-order valence-corrected chi connectivity index (χ4v) is 3.91. The van der Waals surface area contributed by atoms with Crippen LogP contribution in [0.2, 0.25) is 0 Å². The van der Waals surface area contributed by atoms with Crippen molar-refractivity contribution in [2.75, 3.05) is 32.4 Å². The Morgan fingerprint density at radius 2 is 2.04 bits per heavy atom. The van der Waals surface area contributed by atoms with Crippen LogP contribution in [0.1, 0.15) is 23.3 Å². The van der Waals surface area contributed by atoms with Gasteiger partial charge in [-0.1, -0.05) is 22.9 Å². The van der Waals surface area contributed by atoms with E-state index >= 15 is 0 Å². The summed E-state index contributed by atoms with van der Waals surface area (Å²) in [4.78, 5) is 6.86. The molecule has 0 saturated carbocycles. The second-order valence-electron chi connectivity index (χ2n) is 6.13. The van der Waals surface area contributed by atoms with Crippen LogP contribution < -0.4 is 5.32 Å².